The van der Waals surface area contributed by atoms with Crippen molar-refractivity contribution in [2.24, 2.45) is 11.3 Å². The lowest BCUT2D eigenvalue weighted by Crippen LogP contribution is -2.62. The van der Waals surface area contributed by atoms with Gasteiger partial charge in [-0.05, 0) is 19.9 Å². The highest BCUT2D eigenvalue weighted by atomic mass is 32.2. The third kappa shape index (κ3) is 1.70. The zero-order chi connectivity index (χ0) is 12.1. The molecule has 0 radical (unpaired) electrons. The van der Waals surface area contributed by atoms with Crippen LogP contribution in [-0.2, 0) is 4.79 Å². The number of carbonyl (C=O) groups is 1. The number of Topliss-reactive ketones (excluding diaryl/α,β-unsaturated/α-hetero) is 1. The molecule has 3 fully saturated rings. The molecule has 3 rings (SSSR count). The van der Waals surface area contributed by atoms with Gasteiger partial charge in [0.25, 0.3) is 0 Å². The summed E-state index contributed by atoms with van der Waals surface area (Å²) in [5.74, 6) is 2.43. The van der Waals surface area contributed by atoms with Crippen molar-refractivity contribution in [1.82, 2.24) is 4.90 Å². The summed E-state index contributed by atoms with van der Waals surface area (Å²) in [6.45, 7) is 1.62. The van der Waals surface area contributed by atoms with Gasteiger partial charge in [0.15, 0.2) is 4.27 Å². The maximum Gasteiger partial charge on any atom is 0.171 e. The molecule has 1 aliphatic carbocycles. The molecule has 5 heteroatoms. The first-order chi connectivity index (χ1) is 8.07. The SMILES string of the molecule is CN1CC2CCCC(C3(O)SCCS3)(C1)C2=O. The number of ketones is 1. The number of hydrogen-bond acceptors (Lipinski definition) is 5. The molecule has 2 heterocycles. The summed E-state index contributed by atoms with van der Waals surface area (Å²) < 4.78 is -0.864. The van der Waals surface area contributed by atoms with Crippen LogP contribution in [0.4, 0.5) is 0 Å². The second-order valence-electron chi connectivity index (χ2n) is 5.51. The first-order valence-electron chi connectivity index (χ1n) is 6.31. The lowest BCUT2D eigenvalue weighted by molar-refractivity contribution is -0.150. The molecule has 17 heavy (non-hydrogen) atoms. The second-order valence-corrected chi connectivity index (χ2v) is 8.34. The van der Waals surface area contributed by atoms with Gasteiger partial charge in [0, 0.05) is 30.5 Å². The Labute approximate surface area is 111 Å². The maximum absolute atomic E-state index is 12.7. The van der Waals surface area contributed by atoms with Gasteiger partial charge in [-0.2, -0.15) is 0 Å². The fourth-order valence-electron chi connectivity index (χ4n) is 3.62. The highest BCUT2D eigenvalue weighted by Crippen LogP contribution is 2.59. The quantitative estimate of drug-likeness (QED) is 0.782. The Hall–Kier alpha value is 0.290. The Morgan fingerprint density at radius 3 is 2.82 bits per heavy atom. The largest absolute Gasteiger partial charge is 0.369 e. The molecule has 0 spiro atoms. The Morgan fingerprint density at radius 1 is 1.41 bits per heavy atom. The fraction of sp³-hybridized carbons (Fsp3) is 0.917. The van der Waals surface area contributed by atoms with Crippen molar-refractivity contribution in [3.8, 4) is 0 Å². The topological polar surface area (TPSA) is 40.5 Å². The number of thioether (sulfide) groups is 2. The number of nitrogens with zero attached hydrogens (tertiary/aromatic N) is 1. The van der Waals surface area contributed by atoms with Crippen LogP contribution in [0.25, 0.3) is 0 Å². The van der Waals surface area contributed by atoms with Gasteiger partial charge in [-0.3, -0.25) is 4.79 Å². The van der Waals surface area contributed by atoms with E-state index in [0.717, 1.165) is 43.9 Å². The van der Waals surface area contributed by atoms with E-state index in [4.69, 9.17) is 0 Å². The summed E-state index contributed by atoms with van der Waals surface area (Å²) in [5, 5.41) is 10.9. The van der Waals surface area contributed by atoms with Crippen molar-refractivity contribution in [2.75, 3.05) is 31.6 Å². The lowest BCUT2D eigenvalue weighted by Gasteiger charge is -2.52. The number of piperidine rings is 1. The molecule has 2 saturated heterocycles. The van der Waals surface area contributed by atoms with Gasteiger partial charge in [-0.1, -0.05) is 6.42 Å². The van der Waals surface area contributed by atoms with E-state index >= 15 is 0 Å². The minimum Gasteiger partial charge on any atom is -0.369 e. The van der Waals surface area contributed by atoms with Crippen LogP contribution in [0.15, 0.2) is 0 Å². The standard InChI is InChI=1S/C12H19NO2S2/c1-13-7-9-3-2-4-11(8-13,10(9)14)12(15)16-5-6-17-12/h9,15H,2-8H2,1H3. The lowest BCUT2D eigenvalue weighted by atomic mass is 9.65. The Bertz CT molecular complexity index is 343. The third-order valence-electron chi connectivity index (χ3n) is 4.35. The predicted molar refractivity (Wildman–Crippen MR) is 72.1 cm³/mol. The minimum absolute atomic E-state index is 0.160. The van der Waals surface area contributed by atoms with E-state index in [0.29, 0.717) is 5.78 Å². The molecule has 2 unspecified atom stereocenters. The molecule has 2 atom stereocenters. The van der Waals surface area contributed by atoms with Crippen LogP contribution < -0.4 is 0 Å². The highest BCUT2D eigenvalue weighted by molar-refractivity contribution is 8.21. The van der Waals surface area contributed by atoms with Gasteiger partial charge in [-0.15, -0.1) is 23.5 Å². The monoisotopic (exact) mass is 273 g/mol. The van der Waals surface area contributed by atoms with E-state index in [9.17, 15) is 9.90 Å². The molecule has 1 N–H and O–H groups in total. The van der Waals surface area contributed by atoms with Gasteiger partial charge < -0.3 is 10.0 Å². The zero-order valence-electron chi connectivity index (χ0n) is 10.1. The van der Waals surface area contributed by atoms with E-state index < -0.39 is 9.68 Å². The second kappa shape index (κ2) is 4.15. The van der Waals surface area contributed by atoms with Crippen molar-refractivity contribution in [3.63, 3.8) is 0 Å². The number of carbonyl (C=O) groups excluding carboxylic acids is 1. The van der Waals surface area contributed by atoms with Gasteiger partial charge in [-0.25, -0.2) is 0 Å². The molecule has 3 nitrogen and oxygen atoms in total. The number of hydrogen-bond donors (Lipinski definition) is 1. The molecule has 0 amide bonds. The predicted octanol–water partition coefficient (Wildman–Crippen LogP) is 1.41. The van der Waals surface area contributed by atoms with E-state index in [2.05, 4.69) is 11.9 Å². The molecule has 0 aromatic heterocycles. The Kier molecular flexibility index (Phi) is 3.01. The van der Waals surface area contributed by atoms with E-state index in [1.165, 1.54) is 0 Å². The average Bonchev–Trinajstić information content (AvgIpc) is 2.69. The molecule has 0 aromatic carbocycles. The maximum atomic E-state index is 12.7. The molecule has 2 bridgehead atoms. The number of fused-ring (bicyclic) bond motifs is 2. The van der Waals surface area contributed by atoms with Crippen LogP contribution in [0.1, 0.15) is 19.3 Å². The molecule has 1 saturated carbocycles. The summed E-state index contributed by atoms with van der Waals surface area (Å²) in [5.41, 5.74) is -0.505. The normalized spacial score (nSPS) is 41.8. The number of likely N-dealkylation sites (tertiary alicyclic amines) is 1. The van der Waals surface area contributed by atoms with E-state index in [1.807, 2.05) is 0 Å². The molecule has 0 aromatic rings. The number of aliphatic hydroxyl groups is 1. The summed E-state index contributed by atoms with van der Waals surface area (Å²) in [4.78, 5) is 14.9. The van der Waals surface area contributed by atoms with Crippen molar-refractivity contribution in [3.05, 3.63) is 0 Å². The third-order valence-corrected chi connectivity index (χ3v) is 7.70. The summed E-state index contributed by atoms with van der Waals surface area (Å²) >= 11 is 3.17. The first kappa shape index (κ1) is 12.3. The van der Waals surface area contributed by atoms with Crippen LogP contribution in [-0.4, -0.2) is 51.7 Å². The van der Waals surface area contributed by atoms with Crippen molar-refractivity contribution < 1.29 is 9.90 Å². The van der Waals surface area contributed by atoms with Gasteiger partial charge in [0.1, 0.15) is 5.78 Å². The first-order valence-corrected chi connectivity index (χ1v) is 8.28. The fourth-order valence-corrected chi connectivity index (χ4v) is 6.76. The van der Waals surface area contributed by atoms with Crippen LogP contribution in [0.5, 0.6) is 0 Å². The molecule has 3 aliphatic rings. The summed E-state index contributed by atoms with van der Waals surface area (Å²) in [6.07, 6.45) is 2.97. The zero-order valence-corrected chi connectivity index (χ0v) is 11.8. The van der Waals surface area contributed by atoms with Crippen molar-refractivity contribution in [1.29, 1.82) is 0 Å². The Morgan fingerprint density at radius 2 is 2.12 bits per heavy atom. The molecular formula is C12H19NO2S2. The van der Waals surface area contributed by atoms with Gasteiger partial charge in [0.2, 0.25) is 0 Å². The van der Waals surface area contributed by atoms with Gasteiger partial charge in [0.05, 0.1) is 5.41 Å². The van der Waals surface area contributed by atoms with Gasteiger partial charge >= 0.3 is 0 Å². The van der Waals surface area contributed by atoms with Crippen LogP contribution in [0.3, 0.4) is 0 Å². The smallest absolute Gasteiger partial charge is 0.171 e. The van der Waals surface area contributed by atoms with Crippen molar-refractivity contribution >= 4 is 29.3 Å². The highest BCUT2D eigenvalue weighted by Gasteiger charge is 2.62. The van der Waals surface area contributed by atoms with Crippen LogP contribution in [0.2, 0.25) is 0 Å². The Balaban J connectivity index is 1.99. The van der Waals surface area contributed by atoms with Crippen LogP contribution in [0, 0.1) is 11.3 Å². The van der Waals surface area contributed by atoms with E-state index in [-0.39, 0.29) is 5.92 Å². The molecular weight excluding hydrogens is 254 g/mol. The van der Waals surface area contributed by atoms with Crippen LogP contribution >= 0.6 is 23.5 Å². The summed E-state index contributed by atoms with van der Waals surface area (Å²) in [6, 6.07) is 0. The van der Waals surface area contributed by atoms with E-state index in [1.54, 1.807) is 23.5 Å². The summed E-state index contributed by atoms with van der Waals surface area (Å²) in [7, 11) is 2.08. The average molecular weight is 273 g/mol. The molecule has 96 valence electrons. The van der Waals surface area contributed by atoms with Crippen molar-refractivity contribution in [2.45, 2.75) is 23.5 Å². The molecule has 2 aliphatic heterocycles. The minimum atomic E-state index is -0.864. The number of rotatable bonds is 1.